The second-order valence-corrected chi connectivity index (χ2v) is 5.28. The van der Waals surface area contributed by atoms with Gasteiger partial charge < -0.3 is 4.42 Å². The van der Waals surface area contributed by atoms with Crippen LogP contribution in [0, 0.1) is 0 Å². The van der Waals surface area contributed by atoms with Crippen molar-refractivity contribution in [2.75, 3.05) is 5.32 Å². The Morgan fingerprint density at radius 3 is 3.09 bits per heavy atom. The lowest BCUT2D eigenvalue weighted by Gasteiger charge is -1.96. The number of rotatable bonds is 3. The molecule has 0 spiro atoms. The second kappa shape index (κ2) is 5.08. The van der Waals surface area contributed by atoms with Gasteiger partial charge in [0.05, 0.1) is 6.26 Å². The molecule has 4 heterocycles. The third-order valence-electron chi connectivity index (χ3n) is 2.97. The molecule has 0 aromatic carbocycles. The first-order valence-electron chi connectivity index (χ1n) is 6.40. The van der Waals surface area contributed by atoms with Crippen LogP contribution in [-0.2, 0) is 0 Å². The first-order valence-corrected chi connectivity index (χ1v) is 7.28. The molecule has 0 aliphatic carbocycles. The minimum absolute atomic E-state index is 0.286. The third-order valence-corrected chi connectivity index (χ3v) is 3.72. The van der Waals surface area contributed by atoms with Crippen LogP contribution in [0.15, 0.2) is 52.9 Å². The number of imidazole rings is 1. The molecule has 0 unspecified atom stereocenters. The largest absolute Gasteiger partial charge is 0.463 e. The summed E-state index contributed by atoms with van der Waals surface area (Å²) in [5.41, 5.74) is 0.968. The van der Waals surface area contributed by atoms with E-state index >= 15 is 0 Å². The topological polar surface area (TPSA) is 85.3 Å². The van der Waals surface area contributed by atoms with Crippen LogP contribution >= 0.6 is 11.3 Å². The molecular weight excluding hydrogens is 302 g/mol. The molecule has 4 rings (SSSR count). The Labute approximate surface area is 128 Å². The summed E-state index contributed by atoms with van der Waals surface area (Å²) in [5.74, 6) is 0.808. The highest BCUT2D eigenvalue weighted by molar-refractivity contribution is 7.14. The molecule has 0 saturated carbocycles. The van der Waals surface area contributed by atoms with E-state index in [0.29, 0.717) is 22.4 Å². The molecule has 0 bridgehead atoms. The van der Waals surface area contributed by atoms with E-state index in [1.54, 1.807) is 41.4 Å². The summed E-state index contributed by atoms with van der Waals surface area (Å²) in [7, 11) is 0. The maximum atomic E-state index is 12.2. The van der Waals surface area contributed by atoms with Crippen molar-refractivity contribution < 1.29 is 9.21 Å². The van der Waals surface area contributed by atoms with Gasteiger partial charge in [0.1, 0.15) is 11.4 Å². The maximum absolute atomic E-state index is 12.2. The van der Waals surface area contributed by atoms with E-state index < -0.39 is 0 Å². The van der Waals surface area contributed by atoms with E-state index in [-0.39, 0.29) is 11.6 Å². The molecule has 0 fully saturated rings. The summed E-state index contributed by atoms with van der Waals surface area (Å²) < 4.78 is 6.96. The Hall–Kier alpha value is -3.00. The highest BCUT2D eigenvalue weighted by Gasteiger charge is 2.14. The van der Waals surface area contributed by atoms with Gasteiger partial charge in [-0.05, 0) is 18.2 Å². The Morgan fingerprint density at radius 1 is 1.32 bits per heavy atom. The van der Waals surface area contributed by atoms with Crippen molar-refractivity contribution in [2.45, 2.75) is 0 Å². The molecule has 0 saturated heterocycles. The van der Waals surface area contributed by atoms with Gasteiger partial charge in [0, 0.05) is 24.0 Å². The lowest BCUT2D eigenvalue weighted by atomic mass is 10.4. The van der Waals surface area contributed by atoms with Gasteiger partial charge in [-0.2, -0.15) is 0 Å². The third kappa shape index (κ3) is 2.25. The van der Waals surface area contributed by atoms with Gasteiger partial charge >= 0.3 is 0 Å². The highest BCUT2D eigenvalue weighted by Crippen LogP contribution is 2.25. The molecule has 4 aromatic heterocycles. The molecule has 8 heteroatoms. The number of nitrogens with zero attached hydrogens (tertiary/aromatic N) is 4. The Bertz CT molecular complexity index is 908. The number of carbonyl (C=O) groups is 1. The van der Waals surface area contributed by atoms with Crippen LogP contribution in [0.4, 0.5) is 5.13 Å². The summed E-state index contributed by atoms with van der Waals surface area (Å²) >= 11 is 1.32. The van der Waals surface area contributed by atoms with Crippen molar-refractivity contribution in [2.24, 2.45) is 0 Å². The van der Waals surface area contributed by atoms with Crippen molar-refractivity contribution in [3.8, 4) is 11.5 Å². The van der Waals surface area contributed by atoms with E-state index in [1.807, 2.05) is 11.4 Å². The molecule has 0 atom stereocenters. The molecule has 0 aliphatic heterocycles. The van der Waals surface area contributed by atoms with Crippen molar-refractivity contribution >= 4 is 28.2 Å². The van der Waals surface area contributed by atoms with Crippen molar-refractivity contribution in [3.05, 3.63) is 54.1 Å². The van der Waals surface area contributed by atoms with Gasteiger partial charge in [-0.25, -0.2) is 15.0 Å². The van der Waals surface area contributed by atoms with E-state index in [2.05, 4.69) is 20.3 Å². The Morgan fingerprint density at radius 2 is 2.27 bits per heavy atom. The van der Waals surface area contributed by atoms with E-state index in [0.717, 1.165) is 0 Å². The number of amides is 1. The van der Waals surface area contributed by atoms with E-state index in [1.165, 1.54) is 11.3 Å². The van der Waals surface area contributed by atoms with Crippen molar-refractivity contribution in [1.82, 2.24) is 19.4 Å². The minimum Gasteiger partial charge on any atom is -0.463 e. The smallest absolute Gasteiger partial charge is 0.277 e. The second-order valence-electron chi connectivity index (χ2n) is 4.42. The van der Waals surface area contributed by atoms with E-state index in [4.69, 9.17) is 4.42 Å². The standard InChI is InChI=1S/C14H9N5O2S/c20-12(9-7-19-5-2-4-15-13(19)16-9)18-14-17-10(8-22-14)11-3-1-6-21-11/h1-8H,(H,17,18,20). The normalized spacial score (nSPS) is 10.9. The van der Waals surface area contributed by atoms with Gasteiger partial charge in [-0.3, -0.25) is 14.5 Å². The number of hydrogen-bond acceptors (Lipinski definition) is 6. The van der Waals surface area contributed by atoms with Gasteiger partial charge in [-0.1, -0.05) is 0 Å². The fourth-order valence-corrected chi connectivity index (χ4v) is 2.66. The zero-order valence-electron chi connectivity index (χ0n) is 11.1. The highest BCUT2D eigenvalue weighted by atomic mass is 32.1. The fourth-order valence-electron chi connectivity index (χ4n) is 1.97. The Kier molecular flexibility index (Phi) is 2.94. The van der Waals surface area contributed by atoms with Crippen molar-refractivity contribution in [3.63, 3.8) is 0 Å². The van der Waals surface area contributed by atoms with Crippen LogP contribution in [0.2, 0.25) is 0 Å². The zero-order valence-corrected chi connectivity index (χ0v) is 11.9. The van der Waals surface area contributed by atoms with Gasteiger partial charge in [0.2, 0.25) is 5.78 Å². The predicted molar refractivity (Wildman–Crippen MR) is 80.8 cm³/mol. The molecule has 22 heavy (non-hydrogen) atoms. The summed E-state index contributed by atoms with van der Waals surface area (Å²) in [6.45, 7) is 0. The van der Waals surface area contributed by atoms with Gasteiger partial charge in [-0.15, -0.1) is 11.3 Å². The quantitative estimate of drug-likeness (QED) is 0.628. The molecule has 0 aliphatic rings. The molecule has 1 N–H and O–H groups in total. The lowest BCUT2D eigenvalue weighted by molar-refractivity contribution is 0.102. The number of furan rings is 1. The molecule has 4 aromatic rings. The average molecular weight is 311 g/mol. The van der Waals surface area contributed by atoms with Crippen LogP contribution in [-0.4, -0.2) is 25.3 Å². The SMILES string of the molecule is O=C(Nc1nc(-c2ccco2)cs1)c1cn2cccnc2n1. The zero-order chi connectivity index (χ0) is 14.9. The summed E-state index contributed by atoms with van der Waals surface area (Å²) in [5, 5.41) is 5.03. The number of aromatic nitrogens is 4. The van der Waals surface area contributed by atoms with Crippen LogP contribution in [0.1, 0.15) is 10.5 Å². The minimum atomic E-state index is -0.328. The number of fused-ring (bicyclic) bond motifs is 1. The van der Waals surface area contributed by atoms with Crippen molar-refractivity contribution in [1.29, 1.82) is 0 Å². The lowest BCUT2D eigenvalue weighted by Crippen LogP contribution is -2.12. The number of carbonyl (C=O) groups excluding carboxylic acids is 1. The van der Waals surface area contributed by atoms with Gasteiger partial charge in [0.15, 0.2) is 10.9 Å². The molecule has 108 valence electrons. The monoisotopic (exact) mass is 311 g/mol. The predicted octanol–water partition coefficient (Wildman–Crippen LogP) is 2.70. The number of hydrogen-bond donors (Lipinski definition) is 1. The molecular formula is C14H9N5O2S. The van der Waals surface area contributed by atoms with Crippen LogP contribution in [0.3, 0.4) is 0 Å². The van der Waals surface area contributed by atoms with E-state index in [9.17, 15) is 4.79 Å². The van der Waals surface area contributed by atoms with Crippen LogP contribution in [0.25, 0.3) is 17.2 Å². The summed E-state index contributed by atoms with van der Waals surface area (Å²) in [6.07, 6.45) is 6.61. The average Bonchev–Trinajstić information content (AvgIpc) is 3.26. The summed E-state index contributed by atoms with van der Waals surface area (Å²) in [6, 6.07) is 5.37. The molecule has 0 radical (unpaired) electrons. The van der Waals surface area contributed by atoms with Crippen LogP contribution < -0.4 is 5.32 Å². The number of nitrogens with one attached hydrogen (secondary N) is 1. The van der Waals surface area contributed by atoms with Gasteiger partial charge in [0.25, 0.3) is 5.91 Å². The first kappa shape index (κ1) is 12.7. The number of anilines is 1. The maximum Gasteiger partial charge on any atom is 0.277 e. The number of thiazole rings is 1. The van der Waals surface area contributed by atoms with Crippen LogP contribution in [0.5, 0.6) is 0 Å². The fraction of sp³-hybridized carbons (Fsp3) is 0. The molecule has 1 amide bonds. The summed E-state index contributed by atoms with van der Waals surface area (Å²) in [4.78, 5) is 24.8. The Balaban J connectivity index is 1.56. The molecule has 7 nitrogen and oxygen atoms in total. The first-order chi connectivity index (χ1) is 10.8.